The Morgan fingerprint density at radius 2 is 1.17 bits per heavy atom. The number of carbonyl (C=O) groups is 4. The molecular weight excluding hydrogens is 757 g/mol. The SMILES string of the molecule is COC(=O)N[C@@H](C(=O)N1CCCC1c1nc2ncc(-c3ccc4cc(-c5cnc6nc([C@H]7CCCN7C(=O)[C@@H](NC(=O)O)C(C)C)[nH]c6n5)ccc4c3)nc2[nH]1)C(C)C. The van der Waals surface area contributed by atoms with E-state index < -0.39 is 24.3 Å². The zero-order valence-electron chi connectivity index (χ0n) is 33.4. The first kappa shape index (κ1) is 39.1. The van der Waals surface area contributed by atoms with Gasteiger partial charge in [0.05, 0.1) is 43.0 Å². The quantitative estimate of drug-likeness (QED) is 0.115. The van der Waals surface area contributed by atoms with Crippen molar-refractivity contribution in [3.63, 3.8) is 0 Å². The van der Waals surface area contributed by atoms with Crippen molar-refractivity contribution in [1.29, 1.82) is 0 Å². The van der Waals surface area contributed by atoms with Crippen molar-refractivity contribution in [2.75, 3.05) is 20.2 Å². The number of aromatic amines is 2. The van der Waals surface area contributed by atoms with Gasteiger partial charge >= 0.3 is 12.2 Å². The molecule has 0 aliphatic carbocycles. The number of nitrogens with one attached hydrogen (secondary N) is 4. The average molecular weight is 803 g/mol. The largest absolute Gasteiger partial charge is 0.465 e. The first-order valence-electron chi connectivity index (χ1n) is 19.8. The van der Waals surface area contributed by atoms with E-state index in [0.29, 0.717) is 71.6 Å². The number of amides is 4. The van der Waals surface area contributed by atoms with Gasteiger partial charge in [0.25, 0.3) is 0 Å². The smallest absolute Gasteiger partial charge is 0.407 e. The predicted octanol–water partition coefficient (Wildman–Crippen LogP) is 5.51. The lowest BCUT2D eigenvalue weighted by Gasteiger charge is -2.29. The number of hydrogen-bond donors (Lipinski definition) is 5. The number of imidazole rings is 2. The Kier molecular flexibility index (Phi) is 10.5. The summed E-state index contributed by atoms with van der Waals surface area (Å²) in [6.45, 7) is 8.43. The minimum Gasteiger partial charge on any atom is -0.465 e. The molecule has 8 rings (SSSR count). The van der Waals surface area contributed by atoms with Crippen LogP contribution in [0.1, 0.15) is 77.1 Å². The van der Waals surface area contributed by atoms with Gasteiger partial charge in [0, 0.05) is 24.2 Å². The fourth-order valence-electron chi connectivity index (χ4n) is 8.11. The van der Waals surface area contributed by atoms with E-state index in [1.807, 2.05) is 64.1 Å². The molecule has 2 fully saturated rings. The highest BCUT2D eigenvalue weighted by atomic mass is 16.5. The van der Waals surface area contributed by atoms with E-state index >= 15 is 0 Å². The second-order valence-corrected chi connectivity index (χ2v) is 15.8. The summed E-state index contributed by atoms with van der Waals surface area (Å²) in [5, 5.41) is 16.3. The third-order valence-electron chi connectivity index (χ3n) is 11.2. The first-order valence-corrected chi connectivity index (χ1v) is 19.8. The summed E-state index contributed by atoms with van der Waals surface area (Å²) in [4.78, 5) is 88.8. The topological polar surface area (TPSA) is 237 Å². The van der Waals surface area contributed by atoms with E-state index in [-0.39, 0.29) is 35.7 Å². The number of alkyl carbamates (subject to hydrolysis) is 1. The van der Waals surface area contributed by atoms with Crippen LogP contribution in [0.4, 0.5) is 9.59 Å². The molecule has 18 heteroatoms. The van der Waals surface area contributed by atoms with Gasteiger partial charge in [-0.2, -0.15) is 0 Å². The Bertz CT molecular complexity index is 2590. The molecule has 0 radical (unpaired) electrons. The standard InChI is InChI=1S/C41H46N12O6/c1-20(2)30(46-40(56)57)38(54)52-14-6-8-28(52)32-48-34-36(50-32)44-26(18-42-34)24-12-10-23-17-25(13-11-22(23)16-24)27-19-43-35-37(45-27)51-33(49-35)29-9-7-15-53(29)39(55)31(21(3)4)47-41(58)59-5/h10-13,16-21,28-31,46H,6-9,14-15H2,1-5H3,(H,47,58)(H,56,57)(H,42,44,48,50)(H,43,45,49,51)/t28-,29?,30+,31-/m1/s1. The Morgan fingerprint density at radius 1 is 0.712 bits per heavy atom. The highest BCUT2D eigenvalue weighted by molar-refractivity contribution is 5.91. The van der Waals surface area contributed by atoms with Crippen molar-refractivity contribution in [2.45, 2.75) is 77.5 Å². The van der Waals surface area contributed by atoms with Crippen LogP contribution in [0.3, 0.4) is 0 Å². The van der Waals surface area contributed by atoms with E-state index in [1.165, 1.54) is 7.11 Å². The summed E-state index contributed by atoms with van der Waals surface area (Å²) in [6.07, 6.45) is 4.45. The van der Waals surface area contributed by atoms with Crippen LogP contribution in [0.25, 0.3) is 55.9 Å². The lowest BCUT2D eigenvalue weighted by Crippen LogP contribution is -2.51. The average Bonchev–Trinajstić information content (AvgIpc) is 4.05. The van der Waals surface area contributed by atoms with E-state index in [0.717, 1.165) is 34.7 Å². The fourth-order valence-corrected chi connectivity index (χ4v) is 8.11. The van der Waals surface area contributed by atoms with Crippen molar-refractivity contribution in [3.05, 3.63) is 60.4 Å². The first-order chi connectivity index (χ1) is 28.4. The van der Waals surface area contributed by atoms with E-state index in [1.54, 1.807) is 22.2 Å². The van der Waals surface area contributed by atoms with Crippen molar-refractivity contribution in [2.24, 2.45) is 11.8 Å². The number of H-pyrrole nitrogens is 2. The summed E-state index contributed by atoms with van der Waals surface area (Å²) < 4.78 is 4.76. The molecule has 59 heavy (non-hydrogen) atoms. The van der Waals surface area contributed by atoms with Crippen LogP contribution in [0.5, 0.6) is 0 Å². The Hall–Kier alpha value is -6.72. The molecule has 2 aliphatic heterocycles. The molecule has 18 nitrogen and oxygen atoms in total. The minimum absolute atomic E-state index is 0.141. The molecule has 0 bridgehead atoms. The van der Waals surface area contributed by atoms with Crippen LogP contribution in [0.15, 0.2) is 48.8 Å². The minimum atomic E-state index is -1.24. The van der Waals surface area contributed by atoms with E-state index in [9.17, 15) is 24.3 Å². The van der Waals surface area contributed by atoms with Gasteiger partial charge in [-0.25, -0.2) is 39.5 Å². The van der Waals surface area contributed by atoms with E-state index in [2.05, 4.69) is 35.6 Å². The zero-order valence-corrected chi connectivity index (χ0v) is 33.4. The van der Waals surface area contributed by atoms with Crippen molar-refractivity contribution in [3.8, 4) is 22.5 Å². The van der Waals surface area contributed by atoms with Crippen LogP contribution < -0.4 is 10.6 Å². The maximum atomic E-state index is 13.6. The molecule has 4 atom stereocenters. The summed E-state index contributed by atoms with van der Waals surface area (Å²) in [6, 6.07) is 9.84. The molecule has 4 aromatic heterocycles. The number of aromatic nitrogens is 8. The van der Waals surface area contributed by atoms with Gasteiger partial charge in [-0.1, -0.05) is 52.0 Å². The number of fused-ring (bicyclic) bond motifs is 3. The van der Waals surface area contributed by atoms with Crippen molar-refractivity contribution >= 4 is 57.4 Å². The molecule has 2 saturated heterocycles. The van der Waals surface area contributed by atoms with Crippen LogP contribution >= 0.6 is 0 Å². The highest BCUT2D eigenvalue weighted by Crippen LogP contribution is 2.35. The predicted molar refractivity (Wildman–Crippen MR) is 217 cm³/mol. The molecule has 5 N–H and O–H groups in total. The number of carbonyl (C=O) groups excluding carboxylic acids is 3. The third-order valence-corrected chi connectivity index (χ3v) is 11.2. The number of likely N-dealkylation sites (tertiary alicyclic amines) is 2. The number of carboxylic acid groups (broad SMARTS) is 1. The van der Waals surface area contributed by atoms with Gasteiger partial charge in [-0.05, 0) is 60.4 Å². The monoisotopic (exact) mass is 802 g/mol. The summed E-state index contributed by atoms with van der Waals surface area (Å²) >= 11 is 0. The number of nitrogens with zero attached hydrogens (tertiary/aromatic N) is 8. The second kappa shape index (κ2) is 15.9. The molecule has 2 aliphatic rings. The van der Waals surface area contributed by atoms with Crippen LogP contribution in [-0.2, 0) is 14.3 Å². The van der Waals surface area contributed by atoms with Crippen LogP contribution in [-0.4, -0.2) is 111 Å². The third kappa shape index (κ3) is 7.69. The van der Waals surface area contributed by atoms with Crippen molar-refractivity contribution < 1.29 is 29.0 Å². The van der Waals surface area contributed by atoms with Gasteiger partial charge in [0.15, 0.2) is 22.6 Å². The van der Waals surface area contributed by atoms with Gasteiger partial charge < -0.3 is 40.2 Å². The summed E-state index contributed by atoms with van der Waals surface area (Å²) in [5.74, 6) is 0.346. The molecule has 2 aromatic carbocycles. The molecule has 1 unspecified atom stereocenters. The number of rotatable bonds is 10. The van der Waals surface area contributed by atoms with Crippen LogP contribution in [0.2, 0.25) is 0 Å². The van der Waals surface area contributed by atoms with Gasteiger partial charge in [-0.3, -0.25) is 9.59 Å². The zero-order chi connectivity index (χ0) is 41.5. The fraction of sp³-hybridized carbons (Fsp3) is 0.415. The Morgan fingerprint density at radius 3 is 1.59 bits per heavy atom. The summed E-state index contributed by atoms with van der Waals surface area (Å²) in [7, 11) is 1.27. The molecule has 4 amide bonds. The normalized spacial score (nSPS) is 17.9. The number of methoxy groups -OCH3 is 1. The summed E-state index contributed by atoms with van der Waals surface area (Å²) in [5.41, 5.74) is 4.93. The highest BCUT2D eigenvalue weighted by Gasteiger charge is 2.39. The van der Waals surface area contributed by atoms with E-state index in [4.69, 9.17) is 19.7 Å². The number of benzene rings is 2. The number of hydrogen-bond acceptors (Lipinski definition) is 11. The Balaban J connectivity index is 0.997. The van der Waals surface area contributed by atoms with Gasteiger partial charge in [0.2, 0.25) is 11.8 Å². The number of ether oxygens (including phenoxy) is 1. The lowest BCUT2D eigenvalue weighted by molar-refractivity contribution is -0.136. The Labute approximate surface area is 338 Å². The maximum Gasteiger partial charge on any atom is 0.407 e. The molecule has 6 aromatic rings. The van der Waals surface area contributed by atoms with Crippen molar-refractivity contribution in [1.82, 2.24) is 60.3 Å². The lowest BCUT2D eigenvalue weighted by atomic mass is 10.0. The van der Waals surface area contributed by atoms with Gasteiger partial charge in [-0.15, -0.1) is 0 Å². The van der Waals surface area contributed by atoms with Gasteiger partial charge in [0.1, 0.15) is 23.7 Å². The molecule has 306 valence electrons. The maximum absolute atomic E-state index is 13.6. The molecular formula is C41H46N12O6. The van der Waals surface area contributed by atoms with Crippen LogP contribution in [0, 0.1) is 11.8 Å². The molecule has 0 saturated carbocycles. The molecule has 0 spiro atoms. The molecule has 6 heterocycles. The second-order valence-electron chi connectivity index (χ2n) is 15.8.